The molecule has 6 nitrogen and oxygen atoms in total. The predicted molar refractivity (Wildman–Crippen MR) is 66.5 cm³/mol. The quantitative estimate of drug-likeness (QED) is 0.805. The van der Waals surface area contributed by atoms with E-state index in [1.807, 2.05) is 6.92 Å². The third-order valence-corrected chi connectivity index (χ3v) is 2.26. The maximum Gasteiger partial charge on any atom is 0.260 e. The van der Waals surface area contributed by atoms with Gasteiger partial charge in [0, 0.05) is 6.07 Å². The number of nitrogens with two attached hydrogens (primary N) is 1. The third-order valence-electron chi connectivity index (χ3n) is 2.26. The summed E-state index contributed by atoms with van der Waals surface area (Å²) >= 11 is 0. The van der Waals surface area contributed by atoms with Crippen LogP contribution in [0.4, 0.5) is 11.5 Å². The number of carbonyl (C=O) groups excluding carboxylic acids is 1. The normalized spacial score (nSPS) is 10.1. The van der Waals surface area contributed by atoms with E-state index in [9.17, 15) is 4.79 Å². The summed E-state index contributed by atoms with van der Waals surface area (Å²) in [6.07, 6.45) is 1.37. The summed E-state index contributed by atoms with van der Waals surface area (Å²) in [6, 6.07) is 6.55. The van der Waals surface area contributed by atoms with Crippen LogP contribution < -0.4 is 15.8 Å². The van der Waals surface area contributed by atoms with Crippen molar-refractivity contribution < 1.29 is 14.1 Å². The maximum atomic E-state index is 12.0. The molecule has 3 N–H and O–H groups in total. The van der Waals surface area contributed by atoms with E-state index in [4.69, 9.17) is 10.5 Å². The molecule has 0 aliphatic heterocycles. The summed E-state index contributed by atoms with van der Waals surface area (Å²) in [4.78, 5) is 12.0. The van der Waals surface area contributed by atoms with Crippen LogP contribution >= 0.6 is 0 Å². The van der Waals surface area contributed by atoms with Crippen LogP contribution in [0.1, 0.15) is 17.3 Å². The third kappa shape index (κ3) is 2.42. The van der Waals surface area contributed by atoms with Crippen molar-refractivity contribution in [2.75, 3.05) is 17.7 Å². The van der Waals surface area contributed by atoms with Gasteiger partial charge < -0.3 is 20.3 Å². The van der Waals surface area contributed by atoms with E-state index in [1.54, 1.807) is 24.3 Å². The number of hydrogen-bond donors (Lipinski definition) is 2. The number of anilines is 2. The number of nitrogens with one attached hydrogen (secondary N) is 1. The highest BCUT2D eigenvalue weighted by molar-refractivity contribution is 6.06. The zero-order valence-electron chi connectivity index (χ0n) is 9.84. The van der Waals surface area contributed by atoms with E-state index >= 15 is 0 Å². The van der Waals surface area contributed by atoms with Crippen molar-refractivity contribution in [2.24, 2.45) is 0 Å². The lowest BCUT2D eigenvalue weighted by molar-refractivity contribution is 0.102. The number of rotatable bonds is 4. The Morgan fingerprint density at radius 2 is 2.33 bits per heavy atom. The van der Waals surface area contributed by atoms with Crippen molar-refractivity contribution in [2.45, 2.75) is 6.92 Å². The number of para-hydroxylation sites is 1. The Hall–Kier alpha value is -2.50. The van der Waals surface area contributed by atoms with Crippen molar-refractivity contribution in [1.29, 1.82) is 0 Å². The average Bonchev–Trinajstić information content (AvgIpc) is 2.84. The van der Waals surface area contributed by atoms with Gasteiger partial charge in [0.05, 0.1) is 17.9 Å². The Labute approximate surface area is 104 Å². The fourth-order valence-corrected chi connectivity index (χ4v) is 1.50. The van der Waals surface area contributed by atoms with E-state index in [-0.39, 0.29) is 5.91 Å². The van der Waals surface area contributed by atoms with E-state index in [2.05, 4.69) is 15.0 Å². The second kappa shape index (κ2) is 5.22. The molecule has 0 saturated carbocycles. The first-order valence-electron chi connectivity index (χ1n) is 5.45. The second-order valence-corrected chi connectivity index (χ2v) is 3.50. The largest absolute Gasteiger partial charge is 0.491 e. The highest BCUT2D eigenvalue weighted by atomic mass is 16.5. The first-order valence-corrected chi connectivity index (χ1v) is 5.45. The van der Waals surface area contributed by atoms with Crippen LogP contribution in [-0.4, -0.2) is 17.7 Å². The molecule has 2 rings (SSSR count). The lowest BCUT2D eigenvalue weighted by Gasteiger charge is -2.11. The lowest BCUT2D eigenvalue weighted by atomic mass is 10.1. The van der Waals surface area contributed by atoms with Crippen LogP contribution in [0.15, 0.2) is 35.1 Å². The monoisotopic (exact) mass is 247 g/mol. The Bertz CT molecular complexity index is 538. The number of carbonyl (C=O) groups is 1. The van der Waals surface area contributed by atoms with Crippen LogP contribution in [0.3, 0.4) is 0 Å². The van der Waals surface area contributed by atoms with Gasteiger partial charge in [-0.25, -0.2) is 0 Å². The van der Waals surface area contributed by atoms with Crippen molar-refractivity contribution in [3.63, 3.8) is 0 Å². The number of benzene rings is 1. The van der Waals surface area contributed by atoms with Crippen LogP contribution in [0.25, 0.3) is 0 Å². The predicted octanol–water partition coefficient (Wildman–Crippen LogP) is 1.91. The van der Waals surface area contributed by atoms with Crippen molar-refractivity contribution >= 4 is 17.4 Å². The van der Waals surface area contributed by atoms with Crippen LogP contribution in [0, 0.1) is 0 Å². The fraction of sp³-hybridized carbons (Fsp3) is 0.167. The van der Waals surface area contributed by atoms with E-state index < -0.39 is 0 Å². The number of nitrogen functional groups attached to an aromatic ring is 1. The zero-order chi connectivity index (χ0) is 13.0. The molecule has 2 aromatic rings. The second-order valence-electron chi connectivity index (χ2n) is 3.50. The highest BCUT2D eigenvalue weighted by Gasteiger charge is 2.15. The van der Waals surface area contributed by atoms with Gasteiger partial charge in [-0.2, -0.15) is 0 Å². The molecule has 0 aliphatic rings. The van der Waals surface area contributed by atoms with Gasteiger partial charge in [-0.15, -0.1) is 0 Å². The van der Waals surface area contributed by atoms with E-state index in [1.165, 1.54) is 6.26 Å². The molecule has 94 valence electrons. The topological polar surface area (TPSA) is 90.4 Å². The Kier molecular flexibility index (Phi) is 3.47. The number of amides is 1. The molecule has 0 unspecified atom stereocenters. The molecule has 0 bridgehead atoms. The molecule has 1 aromatic heterocycles. The van der Waals surface area contributed by atoms with Gasteiger partial charge in [0.25, 0.3) is 5.91 Å². The van der Waals surface area contributed by atoms with Gasteiger partial charge in [-0.3, -0.25) is 4.79 Å². The lowest BCUT2D eigenvalue weighted by Crippen LogP contribution is -2.14. The highest BCUT2D eigenvalue weighted by Crippen LogP contribution is 2.26. The average molecular weight is 247 g/mol. The smallest absolute Gasteiger partial charge is 0.260 e. The molecule has 18 heavy (non-hydrogen) atoms. The summed E-state index contributed by atoms with van der Waals surface area (Å²) in [5, 5.41) is 6.19. The van der Waals surface area contributed by atoms with Gasteiger partial charge in [0.15, 0.2) is 11.6 Å². The van der Waals surface area contributed by atoms with Gasteiger partial charge in [0.1, 0.15) is 6.26 Å². The fourth-order valence-electron chi connectivity index (χ4n) is 1.50. The molecule has 0 spiro atoms. The summed E-state index contributed by atoms with van der Waals surface area (Å²) in [5.74, 6) is 0.366. The molecule has 0 radical (unpaired) electrons. The summed E-state index contributed by atoms with van der Waals surface area (Å²) in [5.41, 5.74) is 6.56. The standard InChI is InChI=1S/C12H13N3O3/c1-2-17-11-8(4-3-5-9(11)13)12(16)14-10-6-7-18-15-10/h3-7H,2,13H2,1H3,(H,14,15,16). The molecular weight excluding hydrogens is 234 g/mol. The molecule has 0 saturated heterocycles. The van der Waals surface area contributed by atoms with Crippen molar-refractivity contribution in [1.82, 2.24) is 5.16 Å². The molecule has 1 heterocycles. The summed E-state index contributed by atoms with van der Waals surface area (Å²) in [6.45, 7) is 2.25. The number of ether oxygens (including phenoxy) is 1. The number of aromatic nitrogens is 1. The van der Waals surface area contributed by atoms with E-state index in [0.29, 0.717) is 29.4 Å². The molecule has 1 aromatic carbocycles. The summed E-state index contributed by atoms with van der Waals surface area (Å²) < 4.78 is 10.0. The number of hydrogen-bond acceptors (Lipinski definition) is 5. The van der Waals surface area contributed by atoms with Gasteiger partial charge in [-0.1, -0.05) is 11.2 Å². The molecule has 6 heteroatoms. The SMILES string of the molecule is CCOc1c(N)cccc1C(=O)Nc1ccon1. The minimum atomic E-state index is -0.348. The Morgan fingerprint density at radius 1 is 1.50 bits per heavy atom. The van der Waals surface area contributed by atoms with E-state index in [0.717, 1.165) is 0 Å². The van der Waals surface area contributed by atoms with Crippen LogP contribution in [0.2, 0.25) is 0 Å². The first-order chi connectivity index (χ1) is 8.72. The van der Waals surface area contributed by atoms with Crippen molar-refractivity contribution in [3.05, 3.63) is 36.1 Å². The molecular formula is C12H13N3O3. The molecule has 1 amide bonds. The van der Waals surface area contributed by atoms with Crippen molar-refractivity contribution in [3.8, 4) is 5.75 Å². The molecule has 0 aliphatic carbocycles. The Morgan fingerprint density at radius 3 is 3.00 bits per heavy atom. The maximum absolute atomic E-state index is 12.0. The Balaban J connectivity index is 2.26. The minimum Gasteiger partial charge on any atom is -0.491 e. The number of nitrogens with zero attached hydrogens (tertiary/aromatic N) is 1. The van der Waals surface area contributed by atoms with Gasteiger partial charge >= 0.3 is 0 Å². The summed E-state index contributed by atoms with van der Waals surface area (Å²) in [7, 11) is 0. The first kappa shape index (κ1) is 12.0. The molecule has 0 atom stereocenters. The van der Waals surface area contributed by atoms with Crippen LogP contribution in [0.5, 0.6) is 5.75 Å². The van der Waals surface area contributed by atoms with Crippen LogP contribution in [-0.2, 0) is 0 Å². The van der Waals surface area contributed by atoms with Gasteiger partial charge in [-0.05, 0) is 19.1 Å². The molecule has 0 fully saturated rings. The zero-order valence-corrected chi connectivity index (χ0v) is 9.84. The minimum absolute atomic E-state index is 0.338. The van der Waals surface area contributed by atoms with Gasteiger partial charge in [0.2, 0.25) is 0 Å².